The van der Waals surface area contributed by atoms with Gasteiger partial charge in [-0.2, -0.15) is 5.10 Å². The van der Waals surface area contributed by atoms with Gasteiger partial charge in [0.1, 0.15) is 5.75 Å². The second-order valence-corrected chi connectivity index (χ2v) is 7.80. The largest absolute Gasteiger partial charge is 0.497 e. The zero-order valence-corrected chi connectivity index (χ0v) is 18.7. The van der Waals surface area contributed by atoms with E-state index >= 15 is 0 Å². The summed E-state index contributed by atoms with van der Waals surface area (Å²) < 4.78 is 6.49. The predicted molar refractivity (Wildman–Crippen MR) is 124 cm³/mol. The molecule has 9 nitrogen and oxygen atoms in total. The minimum absolute atomic E-state index is 0.147. The van der Waals surface area contributed by atoms with Crippen LogP contribution in [0.2, 0.25) is 0 Å². The van der Waals surface area contributed by atoms with Crippen LogP contribution in [0.15, 0.2) is 52.7 Å². The number of aromatic nitrogens is 3. The van der Waals surface area contributed by atoms with Gasteiger partial charge in [-0.25, -0.2) is 10.1 Å². The minimum Gasteiger partial charge on any atom is -0.497 e. The van der Waals surface area contributed by atoms with Crippen molar-refractivity contribution in [1.82, 2.24) is 14.9 Å². The van der Waals surface area contributed by atoms with Gasteiger partial charge in [0.15, 0.2) is 0 Å². The second kappa shape index (κ2) is 9.98. The highest BCUT2D eigenvalue weighted by Gasteiger charge is 2.12. The number of benzene rings is 2. The zero-order valence-electron chi connectivity index (χ0n) is 17.8. The number of rotatable bonds is 8. The third-order valence-corrected chi connectivity index (χ3v) is 5.54. The lowest BCUT2D eigenvalue weighted by atomic mass is 10.1. The summed E-state index contributed by atoms with van der Waals surface area (Å²) in [7, 11) is 1.61. The number of ether oxygens (including phenoxy) is 1. The van der Waals surface area contributed by atoms with Crippen LogP contribution >= 0.6 is 11.8 Å². The fourth-order valence-electron chi connectivity index (χ4n) is 2.64. The van der Waals surface area contributed by atoms with Crippen LogP contribution in [0, 0.1) is 13.8 Å². The molecule has 1 aromatic heterocycles. The molecular formula is C21H25N7O2S. The number of nitrogen functional groups attached to an aromatic ring is 1. The van der Waals surface area contributed by atoms with Crippen molar-refractivity contribution in [3.05, 3.63) is 59.2 Å². The van der Waals surface area contributed by atoms with Crippen LogP contribution in [0.1, 0.15) is 23.6 Å². The fraction of sp³-hybridized carbons (Fsp3) is 0.238. The highest BCUT2D eigenvalue weighted by Crippen LogP contribution is 2.19. The van der Waals surface area contributed by atoms with Crippen LogP contribution in [0.4, 0.5) is 11.6 Å². The van der Waals surface area contributed by atoms with Crippen LogP contribution in [-0.2, 0) is 4.79 Å². The Hall–Kier alpha value is -3.53. The van der Waals surface area contributed by atoms with Crippen molar-refractivity contribution in [2.45, 2.75) is 25.9 Å². The first-order chi connectivity index (χ1) is 14.9. The summed E-state index contributed by atoms with van der Waals surface area (Å²) in [5.41, 5.74) is 7.48. The van der Waals surface area contributed by atoms with Crippen molar-refractivity contribution < 1.29 is 9.53 Å². The molecule has 2 aromatic carbocycles. The zero-order chi connectivity index (χ0) is 22.4. The molecule has 162 valence electrons. The number of nitrogens with two attached hydrogens (primary N) is 1. The van der Waals surface area contributed by atoms with E-state index in [1.54, 1.807) is 7.11 Å². The molecule has 0 spiro atoms. The summed E-state index contributed by atoms with van der Waals surface area (Å²) in [5, 5.41) is 15.6. The lowest BCUT2D eigenvalue weighted by molar-refractivity contribution is -0.113. The van der Waals surface area contributed by atoms with E-state index in [1.165, 1.54) is 22.0 Å². The average molecular weight is 440 g/mol. The number of anilines is 2. The Morgan fingerprint density at radius 1 is 1.19 bits per heavy atom. The number of thioether (sulfide) groups is 1. The number of hydrogen-bond donors (Lipinski definition) is 3. The van der Waals surface area contributed by atoms with Crippen molar-refractivity contribution in [3.8, 4) is 5.75 Å². The van der Waals surface area contributed by atoms with Crippen LogP contribution in [0.3, 0.4) is 0 Å². The maximum atomic E-state index is 12.2. The van der Waals surface area contributed by atoms with Gasteiger partial charge < -0.3 is 15.9 Å². The second-order valence-electron chi connectivity index (χ2n) is 6.85. The Kier molecular flexibility index (Phi) is 7.14. The van der Waals surface area contributed by atoms with Crippen LogP contribution in [0.25, 0.3) is 0 Å². The van der Waals surface area contributed by atoms with Crippen LogP contribution in [0.5, 0.6) is 5.75 Å². The molecule has 1 amide bonds. The molecule has 4 N–H and O–H groups in total. The number of nitrogens with zero attached hydrogens (tertiary/aromatic N) is 4. The Bertz CT molecular complexity index is 1110. The molecule has 0 fully saturated rings. The normalized spacial score (nSPS) is 11.3. The van der Waals surface area contributed by atoms with Gasteiger partial charge in [-0.05, 0) is 56.2 Å². The number of methoxy groups -OCH3 is 1. The molecule has 0 aliphatic heterocycles. The smallest absolute Gasteiger partial charge is 0.264 e. The molecule has 3 aromatic rings. The van der Waals surface area contributed by atoms with E-state index in [4.69, 9.17) is 10.6 Å². The third kappa shape index (κ3) is 5.76. The number of amides is 1. The molecule has 0 saturated carbocycles. The van der Waals surface area contributed by atoms with Gasteiger partial charge in [0.25, 0.3) is 5.95 Å². The first-order valence-electron chi connectivity index (χ1n) is 9.52. The number of aryl methyl sites for hydroxylation is 2. The summed E-state index contributed by atoms with van der Waals surface area (Å²) in [6.07, 6.45) is 0. The summed E-state index contributed by atoms with van der Waals surface area (Å²) in [5.74, 6) is 7.03. The Balaban J connectivity index is 1.58. The van der Waals surface area contributed by atoms with Crippen LogP contribution in [-0.4, -0.2) is 39.4 Å². The molecule has 0 bridgehead atoms. The molecule has 1 heterocycles. The molecule has 3 rings (SSSR count). The molecule has 31 heavy (non-hydrogen) atoms. The molecule has 0 aliphatic carbocycles. The van der Waals surface area contributed by atoms with Crippen molar-refractivity contribution in [2.24, 2.45) is 5.10 Å². The number of hydrazone groups is 1. The van der Waals surface area contributed by atoms with Crippen molar-refractivity contribution >= 4 is 35.0 Å². The summed E-state index contributed by atoms with van der Waals surface area (Å²) in [4.78, 5) is 12.2. The van der Waals surface area contributed by atoms with Gasteiger partial charge in [0.2, 0.25) is 11.1 Å². The van der Waals surface area contributed by atoms with Crippen molar-refractivity contribution in [1.29, 1.82) is 0 Å². The molecule has 0 aliphatic rings. The number of hydrogen-bond acceptors (Lipinski definition) is 8. The number of carbonyl (C=O) groups is 1. The molecule has 0 radical (unpaired) electrons. The lowest BCUT2D eigenvalue weighted by Crippen LogP contribution is -2.17. The van der Waals surface area contributed by atoms with Gasteiger partial charge in [0, 0.05) is 11.3 Å². The predicted octanol–water partition coefficient (Wildman–Crippen LogP) is 3.18. The van der Waals surface area contributed by atoms with E-state index < -0.39 is 0 Å². The van der Waals surface area contributed by atoms with Crippen molar-refractivity contribution in [2.75, 3.05) is 29.4 Å². The van der Waals surface area contributed by atoms with Gasteiger partial charge >= 0.3 is 0 Å². The first kappa shape index (κ1) is 22.2. The summed E-state index contributed by atoms with van der Waals surface area (Å²) >= 11 is 1.19. The molecule has 0 unspecified atom stereocenters. The van der Waals surface area contributed by atoms with Gasteiger partial charge in [-0.3, -0.25) is 4.79 Å². The number of nitrogens with one attached hydrogen (secondary N) is 2. The fourth-order valence-corrected chi connectivity index (χ4v) is 3.30. The minimum atomic E-state index is -0.155. The highest BCUT2D eigenvalue weighted by atomic mass is 32.2. The maximum absolute atomic E-state index is 12.2. The van der Waals surface area contributed by atoms with Gasteiger partial charge in [0.05, 0.1) is 18.6 Å². The SMILES string of the molecule is COc1cccc(/C(C)=N/Nc2nnc(SCC(=O)Nc3ccc(C)c(C)c3)n2N)c1. The Labute approximate surface area is 185 Å². The van der Waals surface area contributed by atoms with E-state index in [1.807, 2.05) is 63.2 Å². The summed E-state index contributed by atoms with van der Waals surface area (Å²) in [6.45, 7) is 5.88. The molecule has 0 atom stereocenters. The van der Waals surface area contributed by atoms with E-state index in [0.29, 0.717) is 5.16 Å². The van der Waals surface area contributed by atoms with Gasteiger partial charge in [-0.15, -0.1) is 10.2 Å². The monoisotopic (exact) mass is 439 g/mol. The molecular weight excluding hydrogens is 414 g/mol. The Morgan fingerprint density at radius 2 is 2.00 bits per heavy atom. The molecule has 0 saturated heterocycles. The van der Waals surface area contributed by atoms with Crippen LogP contribution < -0.4 is 21.3 Å². The van der Waals surface area contributed by atoms with Gasteiger partial charge in [-0.1, -0.05) is 30.0 Å². The van der Waals surface area contributed by atoms with Crippen molar-refractivity contribution in [3.63, 3.8) is 0 Å². The lowest BCUT2D eigenvalue weighted by Gasteiger charge is -2.08. The van der Waals surface area contributed by atoms with E-state index in [0.717, 1.165) is 28.3 Å². The highest BCUT2D eigenvalue weighted by molar-refractivity contribution is 7.99. The quantitative estimate of drug-likeness (QED) is 0.213. The average Bonchev–Trinajstić information content (AvgIpc) is 3.12. The summed E-state index contributed by atoms with van der Waals surface area (Å²) in [6, 6.07) is 13.3. The Morgan fingerprint density at radius 3 is 2.74 bits per heavy atom. The van der Waals surface area contributed by atoms with E-state index in [-0.39, 0.29) is 17.6 Å². The topological polar surface area (TPSA) is 119 Å². The van der Waals surface area contributed by atoms with E-state index in [2.05, 4.69) is 26.0 Å². The maximum Gasteiger partial charge on any atom is 0.264 e. The third-order valence-electron chi connectivity index (χ3n) is 4.60. The number of carbonyl (C=O) groups excluding carboxylic acids is 1. The standard InChI is InChI=1S/C21H25N7O2S/c1-13-8-9-17(10-14(13)2)23-19(29)12-31-21-27-26-20(28(21)22)25-24-15(3)16-6-5-7-18(11-16)30-4/h5-11H,12,22H2,1-4H3,(H,23,29)(H,25,26)/b24-15+. The first-order valence-corrected chi connectivity index (χ1v) is 10.5. The van der Waals surface area contributed by atoms with E-state index in [9.17, 15) is 4.79 Å². The molecule has 10 heteroatoms.